The lowest BCUT2D eigenvalue weighted by Crippen LogP contribution is -2.40. The van der Waals surface area contributed by atoms with E-state index < -0.39 is 31.6 Å². The zero-order valence-electron chi connectivity index (χ0n) is 17.3. The molecule has 0 bridgehead atoms. The fraction of sp³-hybridized carbons (Fsp3) is 0.400. The molecule has 1 fully saturated rings. The van der Waals surface area contributed by atoms with Crippen LogP contribution >= 0.6 is 0 Å². The van der Waals surface area contributed by atoms with Gasteiger partial charge in [0.15, 0.2) is 0 Å². The summed E-state index contributed by atoms with van der Waals surface area (Å²) >= 11 is 0. The van der Waals surface area contributed by atoms with Crippen molar-refractivity contribution in [2.45, 2.75) is 37.5 Å². The third-order valence-electron chi connectivity index (χ3n) is 5.36. The fourth-order valence-electron chi connectivity index (χ4n) is 3.46. The molecule has 1 N–H and O–H groups in total. The maximum Gasteiger partial charge on any atom is 0.262 e. The van der Waals surface area contributed by atoms with Gasteiger partial charge in [-0.2, -0.15) is 4.31 Å². The highest BCUT2D eigenvalue weighted by molar-refractivity contribution is 7.92. The number of aryl methyl sites for hydroxylation is 2. The lowest BCUT2D eigenvalue weighted by atomic mass is 10.0. The summed E-state index contributed by atoms with van der Waals surface area (Å²) in [5.41, 5.74) is 2.29. The number of benzene rings is 2. The van der Waals surface area contributed by atoms with Crippen molar-refractivity contribution in [2.24, 2.45) is 0 Å². The van der Waals surface area contributed by atoms with Crippen molar-refractivity contribution in [1.29, 1.82) is 0 Å². The van der Waals surface area contributed by atoms with Crippen LogP contribution in [-0.2, 0) is 24.8 Å². The second-order valence-electron chi connectivity index (χ2n) is 7.35. The fourth-order valence-corrected chi connectivity index (χ4v) is 6.57. The number of rotatable bonds is 5. The number of nitrogens with one attached hydrogen (secondary N) is 1. The van der Waals surface area contributed by atoms with E-state index in [1.807, 2.05) is 6.07 Å². The molecule has 1 saturated heterocycles. The molecule has 2 aromatic carbocycles. The number of hydrogen-bond acceptors (Lipinski definition) is 5. The van der Waals surface area contributed by atoms with E-state index in [2.05, 4.69) is 4.72 Å². The van der Waals surface area contributed by atoms with Crippen molar-refractivity contribution >= 4 is 25.7 Å². The maximum absolute atomic E-state index is 14.5. The van der Waals surface area contributed by atoms with Gasteiger partial charge in [0, 0.05) is 13.1 Å². The van der Waals surface area contributed by atoms with Gasteiger partial charge in [0.2, 0.25) is 10.0 Å². The molecule has 0 spiro atoms. The average molecular weight is 457 g/mol. The summed E-state index contributed by atoms with van der Waals surface area (Å²) in [6.07, 6.45) is 0. The molecule has 1 heterocycles. The number of sulfonamides is 2. The van der Waals surface area contributed by atoms with Crippen LogP contribution in [0.4, 0.5) is 10.1 Å². The molecule has 10 heteroatoms. The number of nitrogens with zero attached hydrogens (tertiary/aromatic N) is 1. The van der Waals surface area contributed by atoms with E-state index >= 15 is 0 Å². The van der Waals surface area contributed by atoms with Gasteiger partial charge in [0.25, 0.3) is 10.0 Å². The summed E-state index contributed by atoms with van der Waals surface area (Å²) in [4.78, 5) is -0.113. The lowest BCUT2D eigenvalue weighted by Gasteiger charge is -2.26. The summed E-state index contributed by atoms with van der Waals surface area (Å²) in [6, 6.07) is 4.99. The normalized spacial score (nSPS) is 15.9. The summed E-state index contributed by atoms with van der Waals surface area (Å²) in [5, 5.41) is 0. The molecule has 0 saturated carbocycles. The molecule has 0 atom stereocenters. The lowest BCUT2D eigenvalue weighted by molar-refractivity contribution is 0.0730. The Morgan fingerprint density at radius 1 is 0.933 bits per heavy atom. The summed E-state index contributed by atoms with van der Waals surface area (Å²) in [7, 11) is -8.05. The molecular weight excluding hydrogens is 431 g/mol. The molecule has 0 aliphatic carbocycles. The second-order valence-corrected chi connectivity index (χ2v) is 10.9. The Balaban J connectivity index is 2.03. The number of ether oxygens (including phenoxy) is 1. The van der Waals surface area contributed by atoms with Crippen molar-refractivity contribution in [3.63, 3.8) is 0 Å². The van der Waals surface area contributed by atoms with E-state index in [4.69, 9.17) is 4.74 Å². The molecule has 3 rings (SSSR count). The van der Waals surface area contributed by atoms with Gasteiger partial charge in [0.1, 0.15) is 5.82 Å². The van der Waals surface area contributed by atoms with Gasteiger partial charge in [-0.15, -0.1) is 0 Å². The minimum Gasteiger partial charge on any atom is -0.379 e. The Bertz CT molecular complexity index is 1160. The van der Waals surface area contributed by atoms with Crippen molar-refractivity contribution in [1.82, 2.24) is 4.31 Å². The van der Waals surface area contributed by atoms with E-state index in [0.29, 0.717) is 11.1 Å². The quantitative estimate of drug-likeness (QED) is 0.747. The van der Waals surface area contributed by atoms with Crippen LogP contribution in [0.1, 0.15) is 22.3 Å². The molecule has 0 unspecified atom stereocenters. The van der Waals surface area contributed by atoms with E-state index in [1.54, 1.807) is 27.7 Å². The molecule has 0 amide bonds. The number of anilines is 1. The van der Waals surface area contributed by atoms with Crippen LogP contribution in [0.25, 0.3) is 0 Å². The number of morpholine rings is 1. The number of halogens is 1. The van der Waals surface area contributed by atoms with Gasteiger partial charge < -0.3 is 4.74 Å². The van der Waals surface area contributed by atoms with E-state index in [9.17, 15) is 21.2 Å². The van der Waals surface area contributed by atoms with Gasteiger partial charge >= 0.3 is 0 Å². The molecular formula is C20H25FN2O5S2. The average Bonchev–Trinajstić information content (AvgIpc) is 2.68. The highest BCUT2D eigenvalue weighted by atomic mass is 32.2. The minimum atomic E-state index is -4.15. The van der Waals surface area contributed by atoms with Crippen LogP contribution < -0.4 is 4.72 Å². The Hall–Kier alpha value is -2.01. The zero-order valence-corrected chi connectivity index (χ0v) is 19.0. The van der Waals surface area contributed by atoms with Gasteiger partial charge in [-0.1, -0.05) is 6.07 Å². The van der Waals surface area contributed by atoms with Crippen LogP contribution in [-0.4, -0.2) is 47.4 Å². The van der Waals surface area contributed by atoms with Gasteiger partial charge in [-0.3, -0.25) is 4.72 Å². The maximum atomic E-state index is 14.5. The van der Waals surface area contributed by atoms with Crippen LogP contribution in [0.15, 0.2) is 34.1 Å². The predicted molar refractivity (Wildman–Crippen MR) is 112 cm³/mol. The molecule has 30 heavy (non-hydrogen) atoms. The Labute approximate surface area is 177 Å². The first kappa shape index (κ1) is 22.7. The van der Waals surface area contributed by atoms with Crippen molar-refractivity contribution in [3.05, 3.63) is 52.3 Å². The molecule has 1 aliphatic heterocycles. The highest BCUT2D eigenvalue weighted by Gasteiger charge is 2.28. The summed E-state index contributed by atoms with van der Waals surface area (Å²) in [6.45, 7) is 7.88. The van der Waals surface area contributed by atoms with Gasteiger partial charge in [-0.25, -0.2) is 21.2 Å². The number of hydrogen-bond donors (Lipinski definition) is 1. The zero-order chi connectivity index (χ0) is 22.3. The first-order valence-electron chi connectivity index (χ1n) is 9.43. The summed E-state index contributed by atoms with van der Waals surface area (Å²) < 4.78 is 75.0. The Morgan fingerprint density at radius 3 is 2.07 bits per heavy atom. The minimum absolute atomic E-state index is 0.0702. The molecule has 0 radical (unpaired) electrons. The van der Waals surface area contributed by atoms with Crippen LogP contribution in [0.3, 0.4) is 0 Å². The topological polar surface area (TPSA) is 92.8 Å². The van der Waals surface area contributed by atoms with Crippen LogP contribution in [0, 0.1) is 33.5 Å². The van der Waals surface area contributed by atoms with Crippen LogP contribution in [0.2, 0.25) is 0 Å². The third kappa shape index (κ3) is 4.22. The van der Waals surface area contributed by atoms with E-state index in [-0.39, 0.29) is 36.1 Å². The van der Waals surface area contributed by atoms with E-state index in [1.165, 1.54) is 4.31 Å². The third-order valence-corrected chi connectivity index (χ3v) is 8.89. The smallest absolute Gasteiger partial charge is 0.262 e. The molecule has 0 aromatic heterocycles. The molecule has 164 valence electrons. The monoisotopic (exact) mass is 456 g/mol. The Kier molecular flexibility index (Phi) is 6.24. The summed E-state index contributed by atoms with van der Waals surface area (Å²) in [5.74, 6) is -0.862. The first-order valence-corrected chi connectivity index (χ1v) is 12.3. The van der Waals surface area contributed by atoms with Gasteiger partial charge in [0.05, 0.1) is 28.7 Å². The van der Waals surface area contributed by atoms with Crippen LogP contribution in [0.5, 0.6) is 0 Å². The first-order chi connectivity index (χ1) is 13.9. The van der Waals surface area contributed by atoms with Crippen molar-refractivity contribution < 1.29 is 26.0 Å². The predicted octanol–water partition coefficient (Wildman–Crippen LogP) is 2.88. The van der Waals surface area contributed by atoms with Gasteiger partial charge in [-0.05, 0) is 68.1 Å². The highest BCUT2D eigenvalue weighted by Crippen LogP contribution is 2.30. The molecule has 1 aliphatic rings. The SMILES string of the molecule is Cc1cc(C)c(C)c(S(=O)(=O)Nc2cc(S(=O)(=O)N3CCOCC3)ccc2F)c1C. The van der Waals surface area contributed by atoms with Crippen molar-refractivity contribution in [3.8, 4) is 0 Å². The largest absolute Gasteiger partial charge is 0.379 e. The Morgan fingerprint density at radius 2 is 1.50 bits per heavy atom. The second kappa shape index (κ2) is 8.26. The standard InChI is InChI=1S/C20H25FN2O5S2/c1-13-11-14(2)16(4)20(15(13)3)29(24,25)22-19-12-17(5-6-18(19)21)30(26,27)23-7-9-28-10-8-23/h5-6,11-12,22H,7-10H2,1-4H3. The molecule has 2 aromatic rings. The van der Waals surface area contributed by atoms with Crippen molar-refractivity contribution in [2.75, 3.05) is 31.0 Å². The molecule has 7 nitrogen and oxygen atoms in total. The van der Waals surface area contributed by atoms with E-state index in [0.717, 1.165) is 29.3 Å².